The molecule has 0 spiro atoms. The van der Waals surface area contributed by atoms with Crippen LogP contribution < -0.4 is 15.0 Å². The molecule has 0 saturated heterocycles. The summed E-state index contributed by atoms with van der Waals surface area (Å²) in [5, 5.41) is 0.423. The van der Waals surface area contributed by atoms with E-state index >= 15 is 0 Å². The van der Waals surface area contributed by atoms with E-state index in [4.69, 9.17) is 9.15 Å². The van der Waals surface area contributed by atoms with Crippen LogP contribution in [0.15, 0.2) is 75.4 Å². The number of thiazole rings is 1. The van der Waals surface area contributed by atoms with Crippen LogP contribution in [0.1, 0.15) is 10.6 Å². The van der Waals surface area contributed by atoms with E-state index in [0.717, 1.165) is 10.2 Å². The van der Waals surface area contributed by atoms with Gasteiger partial charge >= 0.3 is 5.91 Å². The summed E-state index contributed by atoms with van der Waals surface area (Å²) in [6.07, 6.45) is 1.72. The highest BCUT2D eigenvalue weighted by Gasteiger charge is 2.15. The summed E-state index contributed by atoms with van der Waals surface area (Å²) in [5.74, 6) is -0.0359. The number of amides is 1. The van der Waals surface area contributed by atoms with Crippen LogP contribution in [0.3, 0.4) is 0 Å². The van der Waals surface area contributed by atoms with E-state index in [1.54, 1.807) is 37.5 Å². The van der Waals surface area contributed by atoms with E-state index in [1.807, 2.05) is 22.8 Å². The summed E-state index contributed by atoms with van der Waals surface area (Å²) in [7, 11) is 1.59. The summed E-state index contributed by atoms with van der Waals surface area (Å²) < 4.78 is 13.8. The Morgan fingerprint density at radius 3 is 2.89 bits per heavy atom. The quantitative estimate of drug-likeness (QED) is 0.496. The lowest BCUT2D eigenvalue weighted by Crippen LogP contribution is -2.17. The number of carbonyl (C=O) groups excluding carboxylic acids is 1. The number of aromatic nitrogens is 1. The first-order valence-corrected chi connectivity index (χ1v) is 9.33. The number of rotatable bonds is 4. The molecule has 6 nitrogen and oxygen atoms in total. The van der Waals surface area contributed by atoms with Crippen LogP contribution in [0.5, 0.6) is 5.75 Å². The smallest absolute Gasteiger partial charge is 0.315 e. The Morgan fingerprint density at radius 1 is 1.29 bits per heavy atom. The number of allylic oxidation sites excluding steroid dienone is 1. The molecule has 0 bridgehead atoms. The molecular weight excluding hydrogens is 376 g/mol. The van der Waals surface area contributed by atoms with Crippen molar-refractivity contribution in [2.45, 2.75) is 6.54 Å². The Labute approximate surface area is 163 Å². The Hall–Kier alpha value is -3.45. The Kier molecular flexibility index (Phi) is 4.67. The third-order valence-corrected chi connectivity index (χ3v) is 5.28. The van der Waals surface area contributed by atoms with Gasteiger partial charge < -0.3 is 13.7 Å². The van der Waals surface area contributed by atoms with Crippen molar-refractivity contribution in [3.63, 3.8) is 0 Å². The minimum absolute atomic E-state index is 0.0988. The zero-order valence-electron chi connectivity index (χ0n) is 15.0. The lowest BCUT2D eigenvalue weighted by molar-refractivity contribution is 0.0972. The monoisotopic (exact) mass is 392 g/mol. The Balaban J connectivity index is 1.90. The van der Waals surface area contributed by atoms with Gasteiger partial charge in [-0.2, -0.15) is 4.99 Å². The van der Waals surface area contributed by atoms with E-state index in [2.05, 4.69) is 11.6 Å². The fourth-order valence-electron chi connectivity index (χ4n) is 3.00. The lowest BCUT2D eigenvalue weighted by Gasteiger charge is -2.06. The van der Waals surface area contributed by atoms with Gasteiger partial charge in [-0.3, -0.25) is 9.59 Å². The van der Waals surface area contributed by atoms with E-state index in [-0.39, 0.29) is 11.2 Å². The van der Waals surface area contributed by atoms with Crippen LogP contribution in [0.2, 0.25) is 0 Å². The number of benzene rings is 2. The van der Waals surface area contributed by atoms with Gasteiger partial charge in [-0.05, 0) is 24.3 Å². The van der Waals surface area contributed by atoms with Crippen molar-refractivity contribution in [2.24, 2.45) is 4.99 Å². The average Bonchev–Trinajstić information content (AvgIpc) is 3.05. The van der Waals surface area contributed by atoms with Gasteiger partial charge in [-0.25, -0.2) is 0 Å². The molecule has 4 aromatic rings. The second-order valence-electron chi connectivity index (χ2n) is 5.98. The van der Waals surface area contributed by atoms with Crippen molar-refractivity contribution in [1.29, 1.82) is 0 Å². The summed E-state index contributed by atoms with van der Waals surface area (Å²) in [6.45, 7) is 4.23. The molecular formula is C21H16N2O4S. The van der Waals surface area contributed by atoms with Crippen molar-refractivity contribution in [2.75, 3.05) is 7.11 Å². The number of methoxy groups -OCH3 is 1. The van der Waals surface area contributed by atoms with Gasteiger partial charge in [0.25, 0.3) is 0 Å². The van der Waals surface area contributed by atoms with Crippen LogP contribution in [0.4, 0.5) is 0 Å². The standard InChI is InChI=1S/C21H16N2O4S/c1-3-11-23-19-16(26-2)9-6-10-18(19)28-21(23)22-20(25)17-12-14(24)13-7-4-5-8-15(13)27-17/h3-10,12H,1,11H2,2H3. The summed E-state index contributed by atoms with van der Waals surface area (Å²) >= 11 is 1.35. The number of nitrogens with zero attached hydrogens (tertiary/aromatic N) is 2. The van der Waals surface area contributed by atoms with Gasteiger partial charge in [0.1, 0.15) is 16.8 Å². The molecule has 0 radical (unpaired) electrons. The molecule has 2 aromatic carbocycles. The highest BCUT2D eigenvalue weighted by atomic mass is 32.1. The molecule has 0 unspecified atom stereocenters. The fourth-order valence-corrected chi connectivity index (χ4v) is 4.05. The number of hydrogen-bond donors (Lipinski definition) is 0. The van der Waals surface area contributed by atoms with Crippen LogP contribution in [0.25, 0.3) is 21.2 Å². The highest BCUT2D eigenvalue weighted by molar-refractivity contribution is 7.16. The van der Waals surface area contributed by atoms with Gasteiger partial charge in [0.2, 0.25) is 0 Å². The lowest BCUT2D eigenvalue weighted by atomic mass is 10.2. The zero-order valence-corrected chi connectivity index (χ0v) is 15.9. The van der Waals surface area contributed by atoms with Crippen molar-refractivity contribution >= 4 is 38.4 Å². The molecule has 0 aliphatic carbocycles. The molecule has 1 amide bonds. The normalized spacial score (nSPS) is 11.8. The highest BCUT2D eigenvalue weighted by Crippen LogP contribution is 2.27. The van der Waals surface area contributed by atoms with Crippen molar-refractivity contribution in [3.8, 4) is 5.75 Å². The van der Waals surface area contributed by atoms with Gasteiger partial charge in [0.05, 0.1) is 17.2 Å². The molecule has 0 fully saturated rings. The summed E-state index contributed by atoms with van der Waals surface area (Å²) in [5.41, 5.74) is 0.907. The zero-order chi connectivity index (χ0) is 19.7. The average molecular weight is 392 g/mol. The predicted octanol–water partition coefficient (Wildman–Crippen LogP) is 3.74. The molecule has 28 heavy (non-hydrogen) atoms. The fraction of sp³-hybridized carbons (Fsp3) is 0.0952. The first-order valence-electron chi connectivity index (χ1n) is 8.51. The van der Waals surface area contributed by atoms with E-state index in [9.17, 15) is 9.59 Å². The molecule has 0 aliphatic rings. The van der Waals surface area contributed by atoms with Crippen LogP contribution in [-0.4, -0.2) is 17.6 Å². The minimum atomic E-state index is -0.619. The first-order chi connectivity index (χ1) is 13.6. The van der Waals surface area contributed by atoms with Crippen molar-refractivity contribution in [1.82, 2.24) is 4.57 Å². The summed E-state index contributed by atoms with van der Waals surface area (Å²) in [4.78, 5) is 29.7. The van der Waals surface area contributed by atoms with Crippen molar-refractivity contribution < 1.29 is 13.9 Å². The maximum absolute atomic E-state index is 12.7. The van der Waals surface area contributed by atoms with Crippen LogP contribution in [0, 0.1) is 0 Å². The number of carbonyl (C=O) groups is 1. The van der Waals surface area contributed by atoms with Gasteiger partial charge in [0.15, 0.2) is 16.0 Å². The Morgan fingerprint density at radius 2 is 2.11 bits per heavy atom. The molecule has 4 rings (SSSR count). The molecule has 2 aromatic heterocycles. The minimum Gasteiger partial charge on any atom is -0.495 e. The molecule has 0 atom stereocenters. The second kappa shape index (κ2) is 7.28. The molecule has 140 valence electrons. The number of para-hydroxylation sites is 2. The van der Waals surface area contributed by atoms with E-state index < -0.39 is 5.91 Å². The summed E-state index contributed by atoms with van der Waals surface area (Å²) in [6, 6.07) is 13.6. The van der Waals surface area contributed by atoms with Gasteiger partial charge in [-0.1, -0.05) is 35.6 Å². The van der Waals surface area contributed by atoms with E-state index in [0.29, 0.717) is 28.1 Å². The third-order valence-electron chi connectivity index (χ3n) is 4.24. The Bertz CT molecular complexity index is 1340. The molecule has 0 aliphatic heterocycles. The molecule has 0 saturated carbocycles. The van der Waals surface area contributed by atoms with Gasteiger partial charge in [-0.15, -0.1) is 6.58 Å². The van der Waals surface area contributed by atoms with Crippen molar-refractivity contribution in [3.05, 3.63) is 82.0 Å². The van der Waals surface area contributed by atoms with Crippen LogP contribution in [-0.2, 0) is 6.54 Å². The van der Waals surface area contributed by atoms with Gasteiger partial charge in [0, 0.05) is 12.6 Å². The number of hydrogen-bond acceptors (Lipinski definition) is 5. The number of ether oxygens (including phenoxy) is 1. The third kappa shape index (κ3) is 3.05. The topological polar surface area (TPSA) is 73.8 Å². The SMILES string of the molecule is C=CCn1c(=NC(=O)c2cc(=O)c3ccccc3o2)sc2cccc(OC)c21. The molecule has 7 heteroatoms. The predicted molar refractivity (Wildman–Crippen MR) is 109 cm³/mol. The number of fused-ring (bicyclic) bond motifs is 2. The second-order valence-corrected chi connectivity index (χ2v) is 6.99. The molecule has 0 N–H and O–H groups in total. The van der Waals surface area contributed by atoms with Crippen LogP contribution >= 0.6 is 11.3 Å². The molecule has 2 heterocycles. The first kappa shape index (κ1) is 17.9. The van der Waals surface area contributed by atoms with E-state index in [1.165, 1.54) is 17.4 Å². The maximum atomic E-state index is 12.7. The maximum Gasteiger partial charge on any atom is 0.315 e. The largest absolute Gasteiger partial charge is 0.495 e.